The molecular formula is C8H12IN. The Morgan fingerprint density at radius 2 is 1.90 bits per heavy atom. The van der Waals surface area contributed by atoms with E-state index in [1.165, 1.54) is 25.7 Å². The van der Waals surface area contributed by atoms with Gasteiger partial charge in [0.25, 0.3) is 0 Å². The van der Waals surface area contributed by atoms with Crippen LogP contribution in [0, 0.1) is 17.2 Å². The fourth-order valence-electron chi connectivity index (χ4n) is 1.45. The van der Waals surface area contributed by atoms with E-state index in [4.69, 9.17) is 5.26 Å². The number of alkyl halides is 1. The Hall–Kier alpha value is 0.220. The lowest BCUT2D eigenvalue weighted by Crippen LogP contribution is -2.13. The van der Waals surface area contributed by atoms with Crippen molar-refractivity contribution in [1.82, 2.24) is 0 Å². The smallest absolute Gasteiger partial charge is 0.0624 e. The van der Waals surface area contributed by atoms with E-state index in [2.05, 4.69) is 28.7 Å². The van der Waals surface area contributed by atoms with Crippen molar-refractivity contribution in [3.63, 3.8) is 0 Å². The maximum atomic E-state index is 8.43. The van der Waals surface area contributed by atoms with E-state index >= 15 is 0 Å². The zero-order valence-corrected chi connectivity index (χ0v) is 8.17. The molecule has 0 aromatic heterocycles. The Morgan fingerprint density at radius 1 is 1.30 bits per heavy atom. The van der Waals surface area contributed by atoms with Crippen LogP contribution in [-0.2, 0) is 0 Å². The minimum atomic E-state index is 0.719. The fourth-order valence-corrected chi connectivity index (χ4v) is 2.17. The minimum absolute atomic E-state index is 0.719. The number of hydrogen-bond acceptors (Lipinski definition) is 1. The summed E-state index contributed by atoms with van der Waals surface area (Å²) in [6.45, 7) is 0. The molecule has 0 unspecified atom stereocenters. The highest BCUT2D eigenvalue weighted by atomic mass is 127. The van der Waals surface area contributed by atoms with Crippen molar-refractivity contribution in [3.8, 4) is 6.07 Å². The van der Waals surface area contributed by atoms with Crippen LogP contribution in [0.5, 0.6) is 0 Å². The Balaban J connectivity index is 2.21. The molecule has 1 aliphatic carbocycles. The first-order valence-electron chi connectivity index (χ1n) is 3.84. The summed E-state index contributed by atoms with van der Waals surface area (Å²) in [6, 6.07) is 2.25. The summed E-state index contributed by atoms with van der Waals surface area (Å²) in [5.41, 5.74) is 0. The second-order valence-electron chi connectivity index (χ2n) is 2.98. The lowest BCUT2D eigenvalue weighted by molar-refractivity contribution is 0.377. The molecule has 0 heterocycles. The third-order valence-corrected chi connectivity index (χ3v) is 3.40. The summed E-state index contributed by atoms with van der Waals surface area (Å²) in [4.78, 5) is 0. The molecular weight excluding hydrogens is 237 g/mol. The molecule has 10 heavy (non-hydrogen) atoms. The van der Waals surface area contributed by atoms with Gasteiger partial charge in [0, 0.05) is 10.3 Å². The summed E-state index contributed by atoms with van der Waals surface area (Å²) in [5, 5.41) is 8.43. The monoisotopic (exact) mass is 249 g/mol. The second-order valence-corrected chi connectivity index (χ2v) is 4.74. The average molecular weight is 249 g/mol. The lowest BCUT2D eigenvalue weighted by atomic mass is 9.87. The molecule has 0 bridgehead atoms. The number of halogens is 1. The van der Waals surface area contributed by atoms with Gasteiger partial charge in [0.1, 0.15) is 0 Å². The molecule has 0 radical (unpaired) electrons. The van der Waals surface area contributed by atoms with Crippen molar-refractivity contribution in [1.29, 1.82) is 5.26 Å². The van der Waals surface area contributed by atoms with Crippen LogP contribution in [0.1, 0.15) is 32.1 Å². The zero-order chi connectivity index (χ0) is 7.40. The van der Waals surface area contributed by atoms with Crippen molar-refractivity contribution >= 4 is 22.6 Å². The molecule has 0 N–H and O–H groups in total. The van der Waals surface area contributed by atoms with Crippen LogP contribution in [0.15, 0.2) is 0 Å². The van der Waals surface area contributed by atoms with E-state index in [0.717, 1.165) is 16.3 Å². The fraction of sp³-hybridized carbons (Fsp3) is 0.875. The van der Waals surface area contributed by atoms with E-state index < -0.39 is 0 Å². The van der Waals surface area contributed by atoms with Crippen molar-refractivity contribution in [2.24, 2.45) is 5.92 Å². The summed E-state index contributed by atoms with van der Waals surface area (Å²) in [7, 11) is 0. The molecule has 2 heteroatoms. The van der Waals surface area contributed by atoms with Gasteiger partial charge in [0.15, 0.2) is 0 Å². The zero-order valence-electron chi connectivity index (χ0n) is 6.02. The Bertz CT molecular complexity index is 131. The van der Waals surface area contributed by atoms with Gasteiger partial charge in [-0.15, -0.1) is 0 Å². The van der Waals surface area contributed by atoms with Gasteiger partial charge >= 0.3 is 0 Å². The first kappa shape index (κ1) is 8.32. The molecule has 0 atom stereocenters. The molecule has 0 amide bonds. The molecule has 1 aliphatic rings. The van der Waals surface area contributed by atoms with Gasteiger partial charge in [-0.2, -0.15) is 5.26 Å². The predicted octanol–water partition coefficient (Wildman–Crippen LogP) is 2.89. The van der Waals surface area contributed by atoms with Crippen LogP contribution < -0.4 is 0 Å². The third kappa shape index (κ3) is 2.45. The molecule has 0 spiro atoms. The van der Waals surface area contributed by atoms with Crippen molar-refractivity contribution in [2.45, 2.75) is 36.0 Å². The van der Waals surface area contributed by atoms with E-state index in [1.54, 1.807) is 0 Å². The van der Waals surface area contributed by atoms with E-state index in [0.29, 0.717) is 0 Å². The Kier molecular flexibility index (Phi) is 3.47. The van der Waals surface area contributed by atoms with E-state index in [9.17, 15) is 0 Å². The number of nitrogens with zero attached hydrogens (tertiary/aromatic N) is 1. The summed E-state index contributed by atoms with van der Waals surface area (Å²) in [5.74, 6) is 0.719. The average Bonchev–Trinajstić information content (AvgIpc) is 1.95. The van der Waals surface area contributed by atoms with Crippen LogP contribution in [0.2, 0.25) is 0 Å². The Labute approximate surface area is 75.9 Å². The van der Waals surface area contributed by atoms with Crippen molar-refractivity contribution < 1.29 is 0 Å². The number of hydrogen-bond donors (Lipinski definition) is 0. The van der Waals surface area contributed by atoms with Gasteiger partial charge in [-0.05, 0) is 31.6 Å². The first-order chi connectivity index (χ1) is 4.83. The minimum Gasteiger partial charge on any atom is -0.198 e. The molecule has 1 fully saturated rings. The topological polar surface area (TPSA) is 23.8 Å². The van der Waals surface area contributed by atoms with Gasteiger partial charge in [-0.1, -0.05) is 22.6 Å². The molecule has 0 saturated heterocycles. The highest BCUT2D eigenvalue weighted by Gasteiger charge is 2.18. The molecule has 1 nitrogen and oxygen atoms in total. The molecule has 0 aromatic carbocycles. The molecule has 1 rings (SSSR count). The van der Waals surface area contributed by atoms with Crippen LogP contribution in [0.4, 0.5) is 0 Å². The number of rotatable bonds is 1. The van der Waals surface area contributed by atoms with Gasteiger partial charge in [0.05, 0.1) is 6.07 Å². The highest BCUT2D eigenvalue weighted by molar-refractivity contribution is 14.1. The van der Waals surface area contributed by atoms with Gasteiger partial charge in [0.2, 0.25) is 0 Å². The summed E-state index contributed by atoms with van der Waals surface area (Å²) in [6.07, 6.45) is 5.99. The SMILES string of the molecule is N#CCC1CCC(I)CC1. The van der Waals surface area contributed by atoms with Gasteiger partial charge < -0.3 is 0 Å². The van der Waals surface area contributed by atoms with Crippen LogP contribution >= 0.6 is 22.6 Å². The molecule has 56 valence electrons. The largest absolute Gasteiger partial charge is 0.198 e. The van der Waals surface area contributed by atoms with Crippen molar-refractivity contribution in [2.75, 3.05) is 0 Å². The summed E-state index contributed by atoms with van der Waals surface area (Å²) < 4.78 is 0.882. The normalized spacial score (nSPS) is 33.2. The highest BCUT2D eigenvalue weighted by Crippen LogP contribution is 2.30. The van der Waals surface area contributed by atoms with Crippen LogP contribution in [0.3, 0.4) is 0 Å². The van der Waals surface area contributed by atoms with E-state index in [-0.39, 0.29) is 0 Å². The van der Waals surface area contributed by atoms with Crippen molar-refractivity contribution in [3.05, 3.63) is 0 Å². The van der Waals surface area contributed by atoms with Crippen LogP contribution in [-0.4, -0.2) is 3.92 Å². The quantitative estimate of drug-likeness (QED) is 0.517. The second kappa shape index (κ2) is 4.17. The predicted molar refractivity (Wildman–Crippen MR) is 50.0 cm³/mol. The van der Waals surface area contributed by atoms with E-state index in [1.807, 2.05) is 0 Å². The first-order valence-corrected chi connectivity index (χ1v) is 5.08. The Morgan fingerprint density at radius 3 is 2.40 bits per heavy atom. The standard InChI is InChI=1S/C8H12IN/c9-8-3-1-7(2-4-8)5-6-10/h7-8H,1-5H2. The summed E-state index contributed by atoms with van der Waals surface area (Å²) >= 11 is 2.51. The van der Waals surface area contributed by atoms with Gasteiger partial charge in [-0.3, -0.25) is 0 Å². The van der Waals surface area contributed by atoms with Crippen LogP contribution in [0.25, 0.3) is 0 Å². The third-order valence-electron chi connectivity index (χ3n) is 2.16. The molecule has 0 aliphatic heterocycles. The molecule has 1 saturated carbocycles. The maximum absolute atomic E-state index is 8.43. The van der Waals surface area contributed by atoms with Gasteiger partial charge in [-0.25, -0.2) is 0 Å². The molecule has 0 aromatic rings. The number of nitriles is 1. The maximum Gasteiger partial charge on any atom is 0.0624 e. The lowest BCUT2D eigenvalue weighted by Gasteiger charge is -2.22.